The molecular formula is C16H23FN2O2. The zero-order valence-electron chi connectivity index (χ0n) is 12.7. The molecule has 0 amide bonds. The van der Waals surface area contributed by atoms with Gasteiger partial charge in [-0.25, -0.2) is 4.39 Å². The average Bonchev–Trinajstić information content (AvgIpc) is 3.34. The Balaban J connectivity index is 1.94. The summed E-state index contributed by atoms with van der Waals surface area (Å²) >= 11 is 0. The Labute approximate surface area is 125 Å². The molecule has 1 aliphatic carbocycles. The van der Waals surface area contributed by atoms with E-state index in [1.54, 1.807) is 7.11 Å². The van der Waals surface area contributed by atoms with Crippen molar-refractivity contribution < 1.29 is 13.9 Å². The maximum Gasteiger partial charge on any atom is 0.163 e. The van der Waals surface area contributed by atoms with Crippen LogP contribution in [0.3, 0.4) is 0 Å². The van der Waals surface area contributed by atoms with E-state index in [2.05, 4.69) is 10.2 Å². The van der Waals surface area contributed by atoms with Crippen molar-refractivity contribution in [1.29, 1.82) is 0 Å². The smallest absolute Gasteiger partial charge is 0.163 e. The van der Waals surface area contributed by atoms with Crippen molar-refractivity contribution in [3.8, 4) is 11.5 Å². The van der Waals surface area contributed by atoms with Crippen LogP contribution >= 0.6 is 0 Å². The molecule has 1 saturated heterocycles. The van der Waals surface area contributed by atoms with Crippen molar-refractivity contribution in [1.82, 2.24) is 10.2 Å². The van der Waals surface area contributed by atoms with Gasteiger partial charge in [-0.15, -0.1) is 0 Å². The van der Waals surface area contributed by atoms with Gasteiger partial charge >= 0.3 is 0 Å². The minimum absolute atomic E-state index is 0.159. The summed E-state index contributed by atoms with van der Waals surface area (Å²) in [6.45, 7) is 3.88. The van der Waals surface area contributed by atoms with Crippen molar-refractivity contribution in [3.05, 3.63) is 23.5 Å². The molecular weight excluding hydrogens is 271 g/mol. The fourth-order valence-electron chi connectivity index (χ4n) is 3.22. The molecule has 0 unspecified atom stereocenters. The molecule has 1 atom stereocenters. The van der Waals surface area contributed by atoms with Gasteiger partial charge in [0, 0.05) is 43.9 Å². The van der Waals surface area contributed by atoms with E-state index < -0.39 is 0 Å². The van der Waals surface area contributed by atoms with Gasteiger partial charge in [-0.3, -0.25) is 4.90 Å². The third-order valence-electron chi connectivity index (χ3n) is 4.44. The van der Waals surface area contributed by atoms with E-state index in [-0.39, 0.29) is 11.9 Å². The van der Waals surface area contributed by atoms with Gasteiger partial charge in [0.05, 0.1) is 14.2 Å². The summed E-state index contributed by atoms with van der Waals surface area (Å²) in [4.78, 5) is 2.40. The summed E-state index contributed by atoms with van der Waals surface area (Å²) in [6, 6.07) is 3.43. The first-order chi connectivity index (χ1) is 10.2. The number of halogens is 1. The normalized spacial score (nSPS) is 21.1. The van der Waals surface area contributed by atoms with Gasteiger partial charge < -0.3 is 14.8 Å². The Morgan fingerprint density at radius 2 is 1.76 bits per heavy atom. The van der Waals surface area contributed by atoms with Crippen LogP contribution < -0.4 is 14.8 Å². The number of rotatable bonds is 5. The molecule has 21 heavy (non-hydrogen) atoms. The first-order valence-electron chi connectivity index (χ1n) is 7.60. The summed E-state index contributed by atoms with van der Waals surface area (Å²) < 4.78 is 25.1. The molecule has 2 fully saturated rings. The molecule has 0 spiro atoms. The van der Waals surface area contributed by atoms with Gasteiger partial charge in [0.2, 0.25) is 0 Å². The van der Waals surface area contributed by atoms with Gasteiger partial charge in [-0.05, 0) is 24.8 Å². The predicted octanol–water partition coefficient (Wildman–Crippen LogP) is 2.20. The van der Waals surface area contributed by atoms with Crippen molar-refractivity contribution in [3.63, 3.8) is 0 Å². The van der Waals surface area contributed by atoms with E-state index in [0.29, 0.717) is 17.4 Å². The number of methoxy groups -OCH3 is 2. The molecule has 2 aliphatic rings. The first-order valence-corrected chi connectivity index (χ1v) is 7.60. The highest BCUT2D eigenvalue weighted by Gasteiger charge is 2.38. The molecule has 3 rings (SSSR count). The Kier molecular flexibility index (Phi) is 4.31. The van der Waals surface area contributed by atoms with E-state index in [0.717, 1.165) is 31.7 Å². The summed E-state index contributed by atoms with van der Waals surface area (Å²) in [7, 11) is 3.13. The van der Waals surface area contributed by atoms with E-state index in [9.17, 15) is 4.39 Å². The number of nitrogens with zero attached hydrogens (tertiary/aromatic N) is 1. The zero-order chi connectivity index (χ0) is 14.8. The quantitative estimate of drug-likeness (QED) is 0.902. The minimum Gasteiger partial charge on any atom is -0.493 e. The fraction of sp³-hybridized carbons (Fsp3) is 0.625. The number of ether oxygens (including phenoxy) is 2. The van der Waals surface area contributed by atoms with Crippen LogP contribution in [-0.2, 0) is 0 Å². The molecule has 1 N–H and O–H groups in total. The van der Waals surface area contributed by atoms with E-state index in [1.807, 2.05) is 6.07 Å². The Bertz CT molecular complexity index is 499. The molecule has 1 aliphatic heterocycles. The number of piperazine rings is 1. The minimum atomic E-state index is -0.192. The first kappa shape index (κ1) is 14.6. The second-order valence-corrected chi connectivity index (χ2v) is 5.80. The SMILES string of the molecule is COc1cc(F)c([C@H](C2CC2)N2CCNCC2)cc1OC. The fourth-order valence-corrected chi connectivity index (χ4v) is 3.22. The lowest BCUT2D eigenvalue weighted by molar-refractivity contribution is 0.152. The highest BCUT2D eigenvalue weighted by atomic mass is 19.1. The summed E-state index contributed by atoms with van der Waals surface area (Å²) in [5.41, 5.74) is 0.747. The summed E-state index contributed by atoms with van der Waals surface area (Å²) in [6.07, 6.45) is 2.37. The topological polar surface area (TPSA) is 33.7 Å². The largest absolute Gasteiger partial charge is 0.493 e. The van der Waals surface area contributed by atoms with Crippen LogP contribution in [0.5, 0.6) is 11.5 Å². The highest BCUT2D eigenvalue weighted by molar-refractivity contribution is 5.45. The third kappa shape index (κ3) is 2.99. The van der Waals surface area contributed by atoms with E-state index >= 15 is 0 Å². The Morgan fingerprint density at radius 1 is 1.14 bits per heavy atom. The van der Waals surface area contributed by atoms with E-state index in [4.69, 9.17) is 9.47 Å². The van der Waals surface area contributed by atoms with Crippen molar-refractivity contribution in [2.45, 2.75) is 18.9 Å². The lowest BCUT2D eigenvalue weighted by Gasteiger charge is -2.35. The molecule has 1 heterocycles. The van der Waals surface area contributed by atoms with Gasteiger partial charge in [-0.2, -0.15) is 0 Å². The third-order valence-corrected chi connectivity index (χ3v) is 4.44. The zero-order valence-corrected chi connectivity index (χ0v) is 12.7. The van der Waals surface area contributed by atoms with Crippen LogP contribution in [0.4, 0.5) is 4.39 Å². The second-order valence-electron chi connectivity index (χ2n) is 5.80. The van der Waals surface area contributed by atoms with E-state index in [1.165, 1.54) is 26.0 Å². The number of benzene rings is 1. The van der Waals surface area contributed by atoms with Gasteiger partial charge in [-0.1, -0.05) is 0 Å². The Morgan fingerprint density at radius 3 is 2.33 bits per heavy atom. The standard InChI is InChI=1S/C16H23FN2O2/c1-20-14-9-12(13(17)10-15(14)21-2)16(11-3-4-11)19-7-5-18-6-8-19/h9-11,16,18H,3-8H2,1-2H3/t16-/m0/s1. The summed E-state index contributed by atoms with van der Waals surface area (Å²) in [5.74, 6) is 1.43. The van der Waals surface area contributed by atoms with Crippen molar-refractivity contribution >= 4 is 0 Å². The maximum atomic E-state index is 14.6. The molecule has 0 radical (unpaired) electrons. The van der Waals surface area contributed by atoms with Crippen LogP contribution in [0, 0.1) is 11.7 Å². The molecule has 5 heteroatoms. The lowest BCUT2D eigenvalue weighted by Crippen LogP contribution is -2.45. The summed E-state index contributed by atoms with van der Waals surface area (Å²) in [5, 5.41) is 3.36. The second kappa shape index (κ2) is 6.20. The predicted molar refractivity (Wildman–Crippen MR) is 79.4 cm³/mol. The number of hydrogen-bond acceptors (Lipinski definition) is 4. The van der Waals surface area contributed by atoms with Gasteiger partial charge in [0.15, 0.2) is 11.5 Å². The maximum absolute atomic E-state index is 14.6. The molecule has 0 bridgehead atoms. The van der Waals surface area contributed by atoms with Crippen LogP contribution in [0.2, 0.25) is 0 Å². The van der Waals surface area contributed by atoms with Crippen LogP contribution in [0.15, 0.2) is 12.1 Å². The van der Waals surface area contributed by atoms with Gasteiger partial charge in [0.1, 0.15) is 5.82 Å². The van der Waals surface area contributed by atoms with Crippen molar-refractivity contribution in [2.75, 3.05) is 40.4 Å². The van der Waals surface area contributed by atoms with Crippen LogP contribution in [0.25, 0.3) is 0 Å². The monoisotopic (exact) mass is 294 g/mol. The highest BCUT2D eigenvalue weighted by Crippen LogP contribution is 2.47. The molecule has 4 nitrogen and oxygen atoms in total. The molecule has 1 aromatic rings. The van der Waals surface area contributed by atoms with Crippen LogP contribution in [0.1, 0.15) is 24.4 Å². The average molecular weight is 294 g/mol. The molecule has 116 valence electrons. The lowest BCUT2D eigenvalue weighted by atomic mass is 9.98. The number of hydrogen-bond donors (Lipinski definition) is 1. The van der Waals surface area contributed by atoms with Crippen LogP contribution in [-0.4, -0.2) is 45.3 Å². The number of nitrogens with one attached hydrogen (secondary N) is 1. The molecule has 1 aromatic carbocycles. The Hall–Kier alpha value is -1.33. The van der Waals surface area contributed by atoms with Crippen molar-refractivity contribution in [2.24, 2.45) is 5.92 Å². The molecule has 0 aromatic heterocycles. The van der Waals surface area contributed by atoms with Gasteiger partial charge in [0.25, 0.3) is 0 Å². The molecule has 1 saturated carbocycles.